The van der Waals surface area contributed by atoms with Gasteiger partial charge in [0, 0.05) is 48.5 Å². The summed E-state index contributed by atoms with van der Waals surface area (Å²) >= 11 is 1.69. The third-order valence-electron chi connectivity index (χ3n) is 5.09. The molecule has 2 radical (unpaired) electrons. The van der Waals surface area contributed by atoms with E-state index in [4.69, 9.17) is 12.8 Å². The highest BCUT2D eigenvalue weighted by molar-refractivity contribution is 7.15. The van der Waals surface area contributed by atoms with E-state index in [-0.39, 0.29) is 0 Å². The van der Waals surface area contributed by atoms with Crippen LogP contribution in [0.5, 0.6) is 0 Å². The van der Waals surface area contributed by atoms with Crippen molar-refractivity contribution in [2.24, 2.45) is 0 Å². The molecule has 1 aromatic carbocycles. The topological polar surface area (TPSA) is 54.8 Å². The second-order valence-electron chi connectivity index (χ2n) is 7.17. The van der Waals surface area contributed by atoms with Gasteiger partial charge in [0.1, 0.15) is 5.82 Å². The highest BCUT2D eigenvalue weighted by Crippen LogP contribution is 2.31. The summed E-state index contributed by atoms with van der Waals surface area (Å²) in [6.07, 6.45) is 4.77. The van der Waals surface area contributed by atoms with Gasteiger partial charge in [0.05, 0.1) is 21.1 Å². The van der Waals surface area contributed by atoms with Crippen LogP contribution in [-0.2, 0) is 13.0 Å². The van der Waals surface area contributed by atoms with Gasteiger partial charge in [0.15, 0.2) is 7.85 Å². The van der Waals surface area contributed by atoms with Crippen LogP contribution < -0.4 is 10.6 Å². The Bertz CT molecular complexity index is 1200. The van der Waals surface area contributed by atoms with Gasteiger partial charge in [-0.2, -0.15) is 0 Å². The highest BCUT2D eigenvalue weighted by atomic mass is 32.1. The van der Waals surface area contributed by atoms with E-state index in [9.17, 15) is 0 Å². The standard InChI is InChI=1S/C21H18BN5S/c1-12-3-4-18-16(7-12)20(26-21(22)25-18)27-6-5-17-15(11-27)8-14(9-24-17)19-10-23-13(2)28-19/h3-4,7-10H,5-6,11H2,1-2H3. The summed E-state index contributed by atoms with van der Waals surface area (Å²) in [5.41, 5.74) is 5.88. The molecule has 0 N–H and O–H groups in total. The summed E-state index contributed by atoms with van der Waals surface area (Å²) in [7, 11) is 6.00. The molecule has 0 aliphatic carbocycles. The molecular weight excluding hydrogens is 365 g/mol. The Balaban J connectivity index is 1.55. The number of benzene rings is 1. The summed E-state index contributed by atoms with van der Waals surface area (Å²) in [4.78, 5) is 21.5. The van der Waals surface area contributed by atoms with Crippen LogP contribution in [0.1, 0.15) is 21.8 Å². The van der Waals surface area contributed by atoms with E-state index >= 15 is 0 Å². The molecule has 136 valence electrons. The molecule has 0 spiro atoms. The molecule has 4 heterocycles. The SMILES string of the molecule is [B]c1nc(N2CCc3ncc(-c4cnc(C)s4)cc3C2)c2cc(C)ccc2n1. The number of rotatable bonds is 2. The van der Waals surface area contributed by atoms with Gasteiger partial charge in [-0.05, 0) is 37.6 Å². The first-order valence-corrected chi connectivity index (χ1v) is 10.1. The molecule has 0 fully saturated rings. The Kier molecular flexibility index (Phi) is 4.12. The molecule has 0 bridgehead atoms. The van der Waals surface area contributed by atoms with Gasteiger partial charge in [-0.15, -0.1) is 11.3 Å². The molecular formula is C21H18BN5S. The molecule has 0 saturated heterocycles. The Labute approximate surface area is 168 Å². The Morgan fingerprint density at radius 1 is 1.07 bits per heavy atom. The summed E-state index contributed by atoms with van der Waals surface area (Å²) in [5, 5.41) is 2.10. The fraction of sp³-hybridized carbons (Fsp3) is 0.238. The Hall–Kier alpha value is -2.80. The van der Waals surface area contributed by atoms with Crippen molar-refractivity contribution in [1.29, 1.82) is 0 Å². The van der Waals surface area contributed by atoms with Gasteiger partial charge >= 0.3 is 0 Å². The minimum atomic E-state index is 0.309. The van der Waals surface area contributed by atoms with Crippen molar-refractivity contribution in [3.63, 3.8) is 0 Å². The van der Waals surface area contributed by atoms with E-state index in [1.807, 2.05) is 25.4 Å². The van der Waals surface area contributed by atoms with Crippen LogP contribution in [0.15, 0.2) is 36.7 Å². The molecule has 5 nitrogen and oxygen atoms in total. The normalized spacial score (nSPS) is 13.7. The maximum absolute atomic E-state index is 6.00. The van der Waals surface area contributed by atoms with Gasteiger partial charge in [0.25, 0.3) is 0 Å². The largest absolute Gasteiger partial charge is 0.351 e. The number of fused-ring (bicyclic) bond motifs is 2. The molecule has 0 atom stereocenters. The third-order valence-corrected chi connectivity index (χ3v) is 6.06. The molecule has 1 aliphatic rings. The fourth-order valence-electron chi connectivity index (χ4n) is 3.72. The molecule has 7 heteroatoms. The van der Waals surface area contributed by atoms with Gasteiger partial charge < -0.3 is 4.90 Å². The number of hydrogen-bond acceptors (Lipinski definition) is 6. The van der Waals surface area contributed by atoms with E-state index in [2.05, 4.69) is 45.0 Å². The van der Waals surface area contributed by atoms with Crippen molar-refractivity contribution in [2.45, 2.75) is 26.8 Å². The van der Waals surface area contributed by atoms with Crippen LogP contribution in [0.2, 0.25) is 0 Å². The predicted molar refractivity (Wildman–Crippen MR) is 114 cm³/mol. The predicted octanol–water partition coefficient (Wildman–Crippen LogP) is 3.12. The number of hydrogen-bond donors (Lipinski definition) is 0. The Morgan fingerprint density at radius 3 is 2.79 bits per heavy atom. The van der Waals surface area contributed by atoms with E-state index in [0.29, 0.717) is 5.72 Å². The first kappa shape index (κ1) is 17.3. The van der Waals surface area contributed by atoms with Gasteiger partial charge in [-0.1, -0.05) is 11.6 Å². The van der Waals surface area contributed by atoms with Gasteiger partial charge in [-0.3, -0.25) is 4.98 Å². The van der Waals surface area contributed by atoms with Crippen LogP contribution >= 0.6 is 11.3 Å². The van der Waals surface area contributed by atoms with Crippen molar-refractivity contribution in [2.75, 3.05) is 11.4 Å². The lowest BCUT2D eigenvalue weighted by Gasteiger charge is -2.30. The van der Waals surface area contributed by atoms with Crippen LogP contribution in [0.3, 0.4) is 0 Å². The van der Waals surface area contributed by atoms with E-state index in [1.165, 1.54) is 11.1 Å². The summed E-state index contributed by atoms with van der Waals surface area (Å²) in [6.45, 7) is 5.72. The van der Waals surface area contributed by atoms with Crippen molar-refractivity contribution in [1.82, 2.24) is 19.9 Å². The van der Waals surface area contributed by atoms with Crippen LogP contribution in [0.4, 0.5) is 5.82 Å². The number of nitrogens with zero attached hydrogens (tertiary/aromatic N) is 5. The van der Waals surface area contributed by atoms with Crippen molar-refractivity contribution in [3.8, 4) is 10.4 Å². The zero-order valence-electron chi connectivity index (χ0n) is 15.8. The van der Waals surface area contributed by atoms with E-state index in [0.717, 1.165) is 57.4 Å². The highest BCUT2D eigenvalue weighted by Gasteiger charge is 2.21. The first-order chi connectivity index (χ1) is 13.6. The summed E-state index contributed by atoms with van der Waals surface area (Å²) in [6, 6.07) is 8.43. The van der Waals surface area contributed by atoms with Crippen LogP contribution in [0, 0.1) is 13.8 Å². The maximum atomic E-state index is 6.00. The van der Waals surface area contributed by atoms with Gasteiger partial charge in [0.2, 0.25) is 0 Å². The smallest absolute Gasteiger partial charge is 0.170 e. The van der Waals surface area contributed by atoms with Crippen LogP contribution in [-0.4, -0.2) is 34.3 Å². The number of pyridine rings is 1. The third kappa shape index (κ3) is 3.05. The number of anilines is 1. The molecule has 0 amide bonds. The average Bonchev–Trinajstić information content (AvgIpc) is 3.13. The quantitative estimate of drug-likeness (QED) is 0.498. The van der Waals surface area contributed by atoms with Crippen molar-refractivity contribution >= 4 is 41.6 Å². The summed E-state index contributed by atoms with van der Waals surface area (Å²) in [5.74, 6) is 0.899. The van der Waals surface area contributed by atoms with Crippen molar-refractivity contribution < 1.29 is 0 Å². The second kappa shape index (κ2) is 6.67. The number of aromatic nitrogens is 4. The Morgan fingerprint density at radius 2 is 1.96 bits per heavy atom. The fourth-order valence-corrected chi connectivity index (χ4v) is 4.48. The minimum absolute atomic E-state index is 0.309. The average molecular weight is 383 g/mol. The molecule has 5 rings (SSSR count). The number of thiazole rings is 1. The maximum Gasteiger partial charge on any atom is 0.170 e. The molecule has 28 heavy (non-hydrogen) atoms. The molecule has 0 unspecified atom stereocenters. The zero-order valence-corrected chi connectivity index (χ0v) is 16.6. The molecule has 3 aromatic heterocycles. The summed E-state index contributed by atoms with van der Waals surface area (Å²) < 4.78 is 0. The van der Waals surface area contributed by atoms with E-state index in [1.54, 1.807) is 11.3 Å². The van der Waals surface area contributed by atoms with Gasteiger partial charge in [-0.25, -0.2) is 15.0 Å². The lowest BCUT2D eigenvalue weighted by atomic mass is 10.0. The second-order valence-corrected chi connectivity index (χ2v) is 8.41. The zero-order chi connectivity index (χ0) is 19.3. The molecule has 1 aliphatic heterocycles. The van der Waals surface area contributed by atoms with Crippen LogP contribution in [0.25, 0.3) is 21.3 Å². The monoisotopic (exact) mass is 383 g/mol. The lowest BCUT2D eigenvalue weighted by molar-refractivity contribution is 0.706. The molecule has 4 aromatic rings. The van der Waals surface area contributed by atoms with E-state index < -0.39 is 0 Å². The van der Waals surface area contributed by atoms with Crippen molar-refractivity contribution in [3.05, 3.63) is 58.5 Å². The molecule has 0 saturated carbocycles. The lowest BCUT2D eigenvalue weighted by Crippen LogP contribution is -2.33. The number of aryl methyl sites for hydroxylation is 2. The first-order valence-electron chi connectivity index (χ1n) is 9.26. The minimum Gasteiger partial charge on any atom is -0.351 e.